The van der Waals surface area contributed by atoms with Crippen LogP contribution in [-0.2, 0) is 13.0 Å². The number of rotatable bonds is 5. The predicted molar refractivity (Wildman–Crippen MR) is 76.7 cm³/mol. The van der Waals surface area contributed by atoms with Crippen LogP contribution in [-0.4, -0.2) is 20.5 Å². The van der Waals surface area contributed by atoms with Gasteiger partial charge in [0.05, 0.1) is 11.3 Å². The third kappa shape index (κ3) is 3.29. The van der Waals surface area contributed by atoms with Crippen molar-refractivity contribution in [3.63, 3.8) is 0 Å². The molecule has 0 radical (unpaired) electrons. The fourth-order valence-electron chi connectivity index (χ4n) is 1.86. The first-order valence-electron chi connectivity index (χ1n) is 6.44. The van der Waals surface area contributed by atoms with E-state index < -0.39 is 0 Å². The van der Waals surface area contributed by atoms with E-state index in [0.717, 1.165) is 17.2 Å². The van der Waals surface area contributed by atoms with Gasteiger partial charge in [0.1, 0.15) is 12.2 Å². The summed E-state index contributed by atoms with van der Waals surface area (Å²) in [7, 11) is 0. The highest BCUT2D eigenvalue weighted by molar-refractivity contribution is 7.14. The van der Waals surface area contributed by atoms with Gasteiger partial charge in [-0.2, -0.15) is 5.10 Å². The molecule has 0 bridgehead atoms. The first kappa shape index (κ1) is 13.9. The molecule has 2 rings (SSSR count). The van der Waals surface area contributed by atoms with E-state index in [1.54, 1.807) is 11.3 Å². The molecule has 2 aromatic rings. The van der Waals surface area contributed by atoms with Gasteiger partial charge < -0.3 is 0 Å². The number of carbonyl (C=O) groups excluding carboxylic acids is 1. The van der Waals surface area contributed by atoms with Crippen LogP contribution in [0.15, 0.2) is 12.4 Å². The first-order valence-corrected chi connectivity index (χ1v) is 7.26. The lowest BCUT2D eigenvalue weighted by atomic mass is 10.2. The molecule has 0 N–H and O–H groups in total. The molecule has 0 amide bonds. The molecule has 0 aliphatic heterocycles. The normalized spacial score (nSPS) is 11.2. The lowest BCUT2D eigenvalue weighted by molar-refractivity contribution is 0.0993. The third-order valence-electron chi connectivity index (χ3n) is 2.99. The van der Waals surface area contributed by atoms with Gasteiger partial charge in [0.15, 0.2) is 5.78 Å². The van der Waals surface area contributed by atoms with Crippen molar-refractivity contribution in [1.29, 1.82) is 0 Å². The van der Waals surface area contributed by atoms with Crippen LogP contribution in [0.5, 0.6) is 0 Å². The van der Waals surface area contributed by atoms with Crippen molar-refractivity contribution >= 4 is 17.1 Å². The summed E-state index contributed by atoms with van der Waals surface area (Å²) in [6.07, 6.45) is 1.85. The lowest BCUT2D eigenvalue weighted by Crippen LogP contribution is -2.13. The molecule has 0 saturated carbocycles. The van der Waals surface area contributed by atoms with Gasteiger partial charge in [0.2, 0.25) is 0 Å². The number of aromatic nitrogens is 3. The van der Waals surface area contributed by atoms with Crippen molar-refractivity contribution < 1.29 is 4.79 Å². The van der Waals surface area contributed by atoms with Gasteiger partial charge in [0.25, 0.3) is 0 Å². The van der Waals surface area contributed by atoms with Crippen LogP contribution in [0, 0.1) is 19.8 Å². The van der Waals surface area contributed by atoms with Gasteiger partial charge >= 0.3 is 0 Å². The number of ketones is 1. The number of carbonyl (C=O) groups is 1. The zero-order valence-electron chi connectivity index (χ0n) is 11.8. The SMILES string of the molecule is Cc1cc(C(=O)Cc2ncnn2CC(C)C)sc1C. The molecule has 102 valence electrons. The van der Waals surface area contributed by atoms with Gasteiger partial charge in [-0.25, -0.2) is 9.67 Å². The minimum atomic E-state index is 0.124. The Hall–Kier alpha value is -1.49. The van der Waals surface area contributed by atoms with E-state index in [1.807, 2.05) is 24.6 Å². The minimum absolute atomic E-state index is 0.124. The smallest absolute Gasteiger partial charge is 0.180 e. The summed E-state index contributed by atoms with van der Waals surface area (Å²) in [5.74, 6) is 1.36. The molecule has 0 atom stereocenters. The van der Waals surface area contributed by atoms with Crippen LogP contribution >= 0.6 is 11.3 Å². The quantitative estimate of drug-likeness (QED) is 0.789. The van der Waals surface area contributed by atoms with Crippen LogP contribution in [0.25, 0.3) is 0 Å². The second-order valence-electron chi connectivity index (χ2n) is 5.20. The Labute approximate surface area is 117 Å². The van der Waals surface area contributed by atoms with E-state index in [-0.39, 0.29) is 5.78 Å². The Kier molecular flexibility index (Phi) is 4.14. The van der Waals surface area contributed by atoms with Crippen molar-refractivity contribution in [2.45, 2.75) is 40.7 Å². The van der Waals surface area contributed by atoms with E-state index in [4.69, 9.17) is 0 Å². The second-order valence-corrected chi connectivity index (χ2v) is 6.46. The number of thiophene rings is 1. The number of hydrogen-bond donors (Lipinski definition) is 0. The second kappa shape index (κ2) is 5.65. The average Bonchev–Trinajstić information content (AvgIpc) is 2.87. The highest BCUT2D eigenvalue weighted by Crippen LogP contribution is 2.22. The van der Waals surface area contributed by atoms with Crippen LogP contribution in [0.2, 0.25) is 0 Å². The summed E-state index contributed by atoms with van der Waals surface area (Å²) in [5.41, 5.74) is 1.18. The van der Waals surface area contributed by atoms with Gasteiger partial charge in [-0.05, 0) is 31.4 Å². The summed E-state index contributed by atoms with van der Waals surface area (Å²) in [5, 5.41) is 4.18. The van der Waals surface area contributed by atoms with Gasteiger partial charge in [-0.3, -0.25) is 4.79 Å². The molecule has 5 heteroatoms. The van der Waals surface area contributed by atoms with Gasteiger partial charge in [0, 0.05) is 11.4 Å². The van der Waals surface area contributed by atoms with Crippen molar-refractivity contribution in [2.24, 2.45) is 5.92 Å². The number of hydrogen-bond acceptors (Lipinski definition) is 4. The Bertz CT molecular complexity index is 564. The molecule has 2 aromatic heterocycles. The van der Waals surface area contributed by atoms with Gasteiger partial charge in [-0.1, -0.05) is 13.8 Å². The van der Waals surface area contributed by atoms with Crippen LogP contribution < -0.4 is 0 Å². The zero-order chi connectivity index (χ0) is 14.0. The Balaban J connectivity index is 2.13. The first-order chi connectivity index (χ1) is 8.97. The number of aryl methyl sites for hydroxylation is 2. The monoisotopic (exact) mass is 277 g/mol. The summed E-state index contributed by atoms with van der Waals surface area (Å²) in [6, 6.07) is 1.96. The van der Waals surface area contributed by atoms with Crippen molar-refractivity contribution in [3.05, 3.63) is 33.5 Å². The number of Topliss-reactive ketones (excluding diaryl/α,β-unsaturated/α-hetero) is 1. The van der Waals surface area contributed by atoms with E-state index in [2.05, 4.69) is 23.9 Å². The highest BCUT2D eigenvalue weighted by Gasteiger charge is 2.15. The zero-order valence-corrected chi connectivity index (χ0v) is 12.6. The van der Waals surface area contributed by atoms with Crippen molar-refractivity contribution in [1.82, 2.24) is 14.8 Å². The van der Waals surface area contributed by atoms with E-state index in [1.165, 1.54) is 16.8 Å². The topological polar surface area (TPSA) is 47.8 Å². The van der Waals surface area contributed by atoms with E-state index in [0.29, 0.717) is 12.3 Å². The predicted octanol–water partition coefficient (Wildman–Crippen LogP) is 3.04. The molecule has 0 aromatic carbocycles. The molecule has 0 aliphatic carbocycles. The van der Waals surface area contributed by atoms with E-state index >= 15 is 0 Å². The highest BCUT2D eigenvalue weighted by atomic mass is 32.1. The summed E-state index contributed by atoms with van der Waals surface area (Å²) < 4.78 is 1.83. The van der Waals surface area contributed by atoms with Crippen LogP contribution in [0.1, 0.15) is 39.8 Å². The maximum atomic E-state index is 12.2. The Morgan fingerprint density at radius 1 is 1.42 bits per heavy atom. The maximum absolute atomic E-state index is 12.2. The lowest BCUT2D eigenvalue weighted by Gasteiger charge is -2.07. The summed E-state index contributed by atoms with van der Waals surface area (Å²) in [6.45, 7) is 9.12. The van der Waals surface area contributed by atoms with Crippen molar-refractivity contribution in [3.8, 4) is 0 Å². The summed E-state index contributed by atoms with van der Waals surface area (Å²) in [4.78, 5) is 18.5. The molecule has 0 spiro atoms. The van der Waals surface area contributed by atoms with Crippen LogP contribution in [0.3, 0.4) is 0 Å². The maximum Gasteiger partial charge on any atom is 0.180 e. The fourth-order valence-corrected chi connectivity index (χ4v) is 2.84. The Morgan fingerprint density at radius 2 is 2.16 bits per heavy atom. The molecule has 4 nitrogen and oxygen atoms in total. The standard InChI is InChI=1S/C14H19N3OS/c1-9(2)7-17-14(15-8-16-17)6-12(18)13-5-10(3)11(4)19-13/h5,8-9H,6-7H2,1-4H3. The van der Waals surface area contributed by atoms with Crippen LogP contribution in [0.4, 0.5) is 0 Å². The largest absolute Gasteiger partial charge is 0.293 e. The third-order valence-corrected chi connectivity index (χ3v) is 4.19. The molecular weight excluding hydrogens is 258 g/mol. The molecule has 0 unspecified atom stereocenters. The van der Waals surface area contributed by atoms with E-state index in [9.17, 15) is 4.79 Å². The molecular formula is C14H19N3OS. The number of nitrogens with zero attached hydrogens (tertiary/aromatic N) is 3. The summed E-state index contributed by atoms with van der Waals surface area (Å²) >= 11 is 1.56. The molecule has 19 heavy (non-hydrogen) atoms. The Morgan fingerprint density at radius 3 is 2.74 bits per heavy atom. The molecule has 0 saturated heterocycles. The average molecular weight is 277 g/mol. The van der Waals surface area contributed by atoms with Crippen molar-refractivity contribution in [2.75, 3.05) is 0 Å². The fraction of sp³-hybridized carbons (Fsp3) is 0.500. The molecule has 0 fully saturated rings. The van der Waals surface area contributed by atoms with Gasteiger partial charge in [-0.15, -0.1) is 11.3 Å². The molecule has 0 aliphatic rings. The molecule has 2 heterocycles. The minimum Gasteiger partial charge on any atom is -0.293 e.